The van der Waals surface area contributed by atoms with E-state index >= 15 is 0 Å². The van der Waals surface area contributed by atoms with Gasteiger partial charge in [-0.15, -0.1) is 0 Å². The summed E-state index contributed by atoms with van der Waals surface area (Å²) in [6.07, 6.45) is 3.13. The van der Waals surface area contributed by atoms with Crippen LogP contribution in [0.5, 0.6) is 0 Å². The van der Waals surface area contributed by atoms with Crippen LogP contribution in [0.1, 0.15) is 10.4 Å². The number of benzene rings is 1. The molecule has 5 heteroatoms. The van der Waals surface area contributed by atoms with Gasteiger partial charge in [-0.05, 0) is 12.1 Å². The average Bonchev–Trinajstić information content (AvgIpc) is 2.64. The molecule has 0 amide bonds. The van der Waals surface area contributed by atoms with Crippen molar-refractivity contribution in [1.29, 1.82) is 0 Å². The Balaban J connectivity index is 2.14. The molecule has 1 aromatic carbocycles. The molecule has 0 N–H and O–H groups in total. The van der Waals surface area contributed by atoms with Gasteiger partial charge in [-0.2, -0.15) is 5.10 Å². The van der Waals surface area contributed by atoms with Crippen molar-refractivity contribution in [1.82, 2.24) is 9.78 Å². The second-order valence-electron chi connectivity index (χ2n) is 3.29. The van der Waals surface area contributed by atoms with E-state index in [9.17, 15) is 4.79 Å². The lowest BCUT2D eigenvalue weighted by Crippen LogP contribution is -2.10. The van der Waals surface area contributed by atoms with Crippen LogP contribution in [0.3, 0.4) is 0 Å². The van der Waals surface area contributed by atoms with Crippen molar-refractivity contribution in [2.75, 3.05) is 0 Å². The van der Waals surface area contributed by atoms with Gasteiger partial charge in [0.05, 0.1) is 11.2 Å². The number of hydrogen-bond acceptors (Lipinski definition) is 2. The van der Waals surface area contributed by atoms with E-state index in [4.69, 9.17) is 11.6 Å². The number of Topliss-reactive ketones (excluding diaryl/α,β-unsaturated/α-hetero) is 1. The molecule has 0 unspecified atom stereocenters. The molecule has 0 spiro atoms. The maximum Gasteiger partial charge on any atom is 0.184 e. The van der Waals surface area contributed by atoms with Crippen LogP contribution in [0, 0.1) is 0 Å². The zero-order valence-electron chi connectivity index (χ0n) is 8.23. The Morgan fingerprint density at radius 2 is 2.31 bits per heavy atom. The van der Waals surface area contributed by atoms with Gasteiger partial charge >= 0.3 is 0 Å². The largest absolute Gasteiger partial charge is 0.292 e. The third kappa shape index (κ3) is 2.71. The summed E-state index contributed by atoms with van der Waals surface area (Å²) in [5.41, 5.74) is 0.654. The molecule has 0 bridgehead atoms. The molecule has 0 saturated heterocycles. The van der Waals surface area contributed by atoms with Crippen molar-refractivity contribution < 1.29 is 4.79 Å². The first-order valence-corrected chi connectivity index (χ1v) is 5.79. The summed E-state index contributed by atoms with van der Waals surface area (Å²) >= 11 is 9.04. The van der Waals surface area contributed by atoms with Crippen LogP contribution in [0.15, 0.2) is 41.1 Å². The topological polar surface area (TPSA) is 34.9 Å². The first kappa shape index (κ1) is 11.4. The monoisotopic (exact) mass is 298 g/mol. The van der Waals surface area contributed by atoms with Gasteiger partial charge in [0.15, 0.2) is 5.78 Å². The normalized spacial score (nSPS) is 10.4. The van der Waals surface area contributed by atoms with Crippen LogP contribution >= 0.6 is 27.5 Å². The van der Waals surface area contributed by atoms with Crippen molar-refractivity contribution in [3.05, 3.63) is 51.7 Å². The van der Waals surface area contributed by atoms with E-state index in [-0.39, 0.29) is 12.3 Å². The Morgan fingerprint density at radius 1 is 1.50 bits per heavy atom. The summed E-state index contributed by atoms with van der Waals surface area (Å²) in [6.45, 7) is 0.198. The van der Waals surface area contributed by atoms with Crippen molar-refractivity contribution in [3.63, 3.8) is 0 Å². The van der Waals surface area contributed by atoms with E-state index in [0.29, 0.717) is 10.6 Å². The molecule has 16 heavy (non-hydrogen) atoms. The molecule has 0 aliphatic rings. The molecule has 0 fully saturated rings. The molecule has 0 saturated carbocycles. The maximum atomic E-state index is 11.9. The lowest BCUT2D eigenvalue weighted by molar-refractivity contribution is 0.0967. The lowest BCUT2D eigenvalue weighted by Gasteiger charge is -2.01. The van der Waals surface area contributed by atoms with Crippen molar-refractivity contribution in [2.24, 2.45) is 0 Å². The smallest absolute Gasteiger partial charge is 0.184 e. The summed E-state index contributed by atoms with van der Waals surface area (Å²) in [5.74, 6) is 0.000988. The third-order valence-electron chi connectivity index (χ3n) is 2.05. The highest BCUT2D eigenvalue weighted by molar-refractivity contribution is 9.10. The minimum Gasteiger partial charge on any atom is -0.292 e. The number of halogens is 2. The summed E-state index contributed by atoms with van der Waals surface area (Å²) in [6, 6.07) is 7.26. The Bertz CT molecular complexity index is 524. The van der Waals surface area contributed by atoms with Crippen LogP contribution in [0.2, 0.25) is 5.02 Å². The van der Waals surface area contributed by atoms with Gasteiger partial charge in [0.25, 0.3) is 0 Å². The second-order valence-corrected chi connectivity index (χ2v) is 4.64. The Labute approximate surface area is 106 Å². The highest BCUT2D eigenvalue weighted by atomic mass is 79.9. The van der Waals surface area contributed by atoms with Crippen LogP contribution in [-0.4, -0.2) is 15.6 Å². The molecule has 0 radical (unpaired) electrons. The van der Waals surface area contributed by atoms with Gasteiger partial charge in [-0.1, -0.05) is 39.7 Å². The fourth-order valence-corrected chi connectivity index (χ4v) is 1.88. The molecule has 0 aliphatic heterocycles. The van der Waals surface area contributed by atoms with E-state index in [1.54, 1.807) is 18.3 Å². The van der Waals surface area contributed by atoms with Crippen LogP contribution in [0.25, 0.3) is 0 Å². The Morgan fingerprint density at radius 3 is 2.94 bits per heavy atom. The number of nitrogens with zero attached hydrogens (tertiary/aromatic N) is 2. The zero-order chi connectivity index (χ0) is 11.5. The number of carbonyl (C=O) groups is 1. The number of ketones is 1. The molecular formula is C11H8BrClN2O. The minimum absolute atomic E-state index is 0.000988. The van der Waals surface area contributed by atoms with Crippen LogP contribution in [-0.2, 0) is 6.54 Å². The first-order chi connectivity index (χ1) is 7.65. The first-order valence-electron chi connectivity index (χ1n) is 4.62. The van der Waals surface area contributed by atoms with Gasteiger partial charge < -0.3 is 0 Å². The predicted molar refractivity (Wildman–Crippen MR) is 65.7 cm³/mol. The minimum atomic E-state index is 0.000988. The third-order valence-corrected chi connectivity index (χ3v) is 2.74. The zero-order valence-corrected chi connectivity index (χ0v) is 10.6. The van der Waals surface area contributed by atoms with E-state index < -0.39 is 0 Å². The molecule has 0 atom stereocenters. The fraction of sp³-hybridized carbons (Fsp3) is 0.0909. The summed E-state index contributed by atoms with van der Waals surface area (Å²) in [4.78, 5) is 11.9. The molecular weight excluding hydrogens is 291 g/mol. The van der Waals surface area contributed by atoms with Gasteiger partial charge in [-0.25, -0.2) is 0 Å². The Hall–Kier alpha value is -1.13. The summed E-state index contributed by atoms with van der Waals surface area (Å²) < 4.78 is 2.41. The highest BCUT2D eigenvalue weighted by Crippen LogP contribution is 2.13. The van der Waals surface area contributed by atoms with Crippen molar-refractivity contribution in [3.8, 4) is 0 Å². The van der Waals surface area contributed by atoms with Gasteiger partial charge in [0.1, 0.15) is 6.54 Å². The van der Waals surface area contributed by atoms with Crippen LogP contribution < -0.4 is 0 Å². The van der Waals surface area contributed by atoms with Crippen molar-refractivity contribution in [2.45, 2.75) is 6.54 Å². The van der Waals surface area contributed by atoms with Gasteiger partial charge in [-0.3, -0.25) is 9.48 Å². The van der Waals surface area contributed by atoms with Gasteiger partial charge in [0, 0.05) is 16.2 Å². The number of hydrogen-bond donors (Lipinski definition) is 0. The predicted octanol–water partition coefficient (Wildman–Crippen LogP) is 3.18. The van der Waals surface area contributed by atoms with E-state index in [0.717, 1.165) is 4.47 Å². The second kappa shape index (κ2) is 4.80. The standard InChI is InChI=1S/C11H8BrClN2O/c12-9-3-1-2-8(4-9)11(16)7-15-6-10(13)5-14-15/h1-6H,7H2. The summed E-state index contributed by atoms with van der Waals surface area (Å²) in [7, 11) is 0. The quantitative estimate of drug-likeness (QED) is 0.816. The average molecular weight is 300 g/mol. The van der Waals surface area contributed by atoms with Crippen LogP contribution in [0.4, 0.5) is 0 Å². The molecule has 2 rings (SSSR count). The number of carbonyl (C=O) groups excluding carboxylic acids is 1. The molecule has 3 nitrogen and oxygen atoms in total. The Kier molecular flexibility index (Phi) is 3.41. The molecule has 82 valence electrons. The van der Waals surface area contributed by atoms with Gasteiger partial charge in [0.2, 0.25) is 0 Å². The molecule has 1 aromatic heterocycles. The highest BCUT2D eigenvalue weighted by Gasteiger charge is 2.07. The van der Waals surface area contributed by atoms with E-state index in [1.807, 2.05) is 12.1 Å². The van der Waals surface area contributed by atoms with Crippen molar-refractivity contribution >= 4 is 33.3 Å². The van der Waals surface area contributed by atoms with E-state index in [2.05, 4.69) is 21.0 Å². The molecule has 1 heterocycles. The molecule has 0 aliphatic carbocycles. The maximum absolute atomic E-state index is 11.9. The lowest BCUT2D eigenvalue weighted by atomic mass is 10.1. The molecule has 2 aromatic rings. The fourth-order valence-electron chi connectivity index (χ4n) is 1.33. The summed E-state index contributed by atoms with van der Waals surface area (Å²) in [5, 5.41) is 4.49. The SMILES string of the molecule is O=C(Cn1cc(Cl)cn1)c1cccc(Br)c1. The number of rotatable bonds is 3. The number of aromatic nitrogens is 2. The van der Waals surface area contributed by atoms with E-state index in [1.165, 1.54) is 10.9 Å².